The molecule has 0 spiro atoms. The van der Waals surface area contributed by atoms with Crippen molar-refractivity contribution in [1.82, 2.24) is 19.2 Å². The fraction of sp³-hybridized carbons (Fsp3) is 0.111. The minimum atomic E-state index is 0.407. The third-order valence-electron chi connectivity index (χ3n) is 2.30. The molecule has 3 heterocycles. The number of thiazole rings is 1. The van der Waals surface area contributed by atoms with Crippen molar-refractivity contribution in [2.45, 2.75) is 6.54 Å². The molecule has 0 aromatic carbocycles. The molecule has 3 aromatic rings. The van der Waals surface area contributed by atoms with Gasteiger partial charge in [0.15, 0.2) is 10.8 Å². The van der Waals surface area contributed by atoms with Gasteiger partial charge in [0.2, 0.25) is 0 Å². The summed E-state index contributed by atoms with van der Waals surface area (Å²) in [5.41, 5.74) is 6.66. The summed E-state index contributed by atoms with van der Waals surface area (Å²) in [5.74, 6) is 0.737. The van der Waals surface area contributed by atoms with E-state index in [1.165, 1.54) is 0 Å². The van der Waals surface area contributed by atoms with Crippen molar-refractivity contribution in [3.8, 4) is 5.82 Å². The van der Waals surface area contributed by atoms with Crippen LogP contribution in [0.2, 0.25) is 5.02 Å². The first-order chi connectivity index (χ1) is 7.79. The molecule has 0 unspecified atom stereocenters. The van der Waals surface area contributed by atoms with E-state index in [1.807, 2.05) is 16.0 Å². The van der Waals surface area contributed by atoms with E-state index in [-0.39, 0.29) is 0 Å². The van der Waals surface area contributed by atoms with Crippen molar-refractivity contribution in [3.05, 3.63) is 34.7 Å². The zero-order valence-corrected chi connectivity index (χ0v) is 9.74. The summed E-state index contributed by atoms with van der Waals surface area (Å²) in [6.45, 7) is 0.407. The lowest BCUT2D eigenvalue weighted by Gasteiger charge is -1.99. The normalized spacial score (nSPS) is 11.4. The van der Waals surface area contributed by atoms with Crippen LogP contribution in [-0.4, -0.2) is 19.2 Å². The maximum Gasteiger partial charge on any atom is 0.196 e. The van der Waals surface area contributed by atoms with Gasteiger partial charge in [0, 0.05) is 18.1 Å². The molecule has 0 fully saturated rings. The highest BCUT2D eigenvalue weighted by Gasteiger charge is 2.13. The van der Waals surface area contributed by atoms with Crippen molar-refractivity contribution in [2.24, 2.45) is 5.73 Å². The van der Waals surface area contributed by atoms with Crippen molar-refractivity contribution in [1.29, 1.82) is 0 Å². The quantitative estimate of drug-likeness (QED) is 0.756. The van der Waals surface area contributed by atoms with Crippen LogP contribution in [0.5, 0.6) is 0 Å². The molecule has 0 saturated carbocycles. The third-order valence-corrected chi connectivity index (χ3v) is 3.25. The minimum absolute atomic E-state index is 0.407. The van der Waals surface area contributed by atoms with Crippen LogP contribution in [0.4, 0.5) is 0 Å². The van der Waals surface area contributed by atoms with Gasteiger partial charge in [0.25, 0.3) is 0 Å². The van der Waals surface area contributed by atoms with E-state index in [4.69, 9.17) is 17.3 Å². The Morgan fingerprint density at radius 3 is 3.06 bits per heavy atom. The van der Waals surface area contributed by atoms with Crippen molar-refractivity contribution in [2.75, 3.05) is 0 Å². The largest absolute Gasteiger partial charge is 0.325 e. The molecule has 0 aliphatic rings. The molecule has 0 saturated heterocycles. The van der Waals surface area contributed by atoms with Crippen LogP contribution in [-0.2, 0) is 6.54 Å². The molecule has 0 radical (unpaired) electrons. The van der Waals surface area contributed by atoms with Gasteiger partial charge in [-0.2, -0.15) is 10.1 Å². The summed E-state index contributed by atoms with van der Waals surface area (Å²) in [6.07, 6.45) is 5.24. The lowest BCUT2D eigenvalue weighted by molar-refractivity contribution is 0.825. The summed E-state index contributed by atoms with van der Waals surface area (Å²) < 4.78 is 3.61. The van der Waals surface area contributed by atoms with Gasteiger partial charge in [-0.1, -0.05) is 11.6 Å². The Balaban J connectivity index is 2.26. The van der Waals surface area contributed by atoms with E-state index in [2.05, 4.69) is 10.1 Å². The number of aromatic nitrogens is 4. The Hall–Kier alpha value is -1.37. The van der Waals surface area contributed by atoms with Gasteiger partial charge in [-0.05, 0) is 0 Å². The summed E-state index contributed by atoms with van der Waals surface area (Å²) in [4.78, 5) is 5.38. The van der Waals surface area contributed by atoms with Crippen LogP contribution in [0.1, 0.15) is 5.69 Å². The Kier molecular flexibility index (Phi) is 2.20. The number of nitrogens with zero attached hydrogens (tertiary/aromatic N) is 4. The number of nitrogens with two attached hydrogens (primary N) is 1. The van der Waals surface area contributed by atoms with Crippen molar-refractivity contribution in [3.63, 3.8) is 0 Å². The molecule has 0 atom stereocenters. The van der Waals surface area contributed by atoms with Crippen molar-refractivity contribution >= 4 is 27.9 Å². The number of imidazole rings is 1. The predicted molar refractivity (Wildman–Crippen MR) is 63.1 cm³/mol. The standard InChI is InChI=1S/C9H8ClN5S/c10-6-4-12-15(5-6)8-7(3-11)14-1-2-16-9(14)13-8/h1-2,4-5H,3,11H2. The summed E-state index contributed by atoms with van der Waals surface area (Å²) in [7, 11) is 0. The lowest BCUT2D eigenvalue weighted by atomic mass is 10.4. The molecule has 16 heavy (non-hydrogen) atoms. The van der Waals surface area contributed by atoms with Gasteiger partial charge in [-0.25, -0.2) is 4.68 Å². The highest BCUT2D eigenvalue weighted by atomic mass is 35.5. The fourth-order valence-corrected chi connectivity index (χ4v) is 2.48. The molecule has 2 N–H and O–H groups in total. The van der Waals surface area contributed by atoms with Gasteiger partial charge in [-0.3, -0.25) is 4.40 Å². The molecule has 5 nitrogen and oxygen atoms in total. The lowest BCUT2D eigenvalue weighted by Crippen LogP contribution is -2.06. The number of hydrogen-bond acceptors (Lipinski definition) is 4. The monoisotopic (exact) mass is 253 g/mol. The van der Waals surface area contributed by atoms with E-state index in [1.54, 1.807) is 28.4 Å². The first kappa shape index (κ1) is 9.83. The molecule has 3 rings (SSSR count). The van der Waals surface area contributed by atoms with E-state index in [0.717, 1.165) is 16.5 Å². The molecular weight excluding hydrogens is 246 g/mol. The molecule has 7 heteroatoms. The Morgan fingerprint density at radius 1 is 1.50 bits per heavy atom. The second kappa shape index (κ2) is 3.58. The number of halogens is 1. The molecule has 0 amide bonds. The maximum atomic E-state index is 5.83. The molecule has 0 bridgehead atoms. The number of hydrogen-bond donors (Lipinski definition) is 1. The van der Waals surface area contributed by atoms with E-state index < -0.39 is 0 Å². The van der Waals surface area contributed by atoms with Gasteiger partial charge >= 0.3 is 0 Å². The first-order valence-electron chi connectivity index (χ1n) is 4.64. The van der Waals surface area contributed by atoms with Crippen LogP contribution in [0.25, 0.3) is 10.8 Å². The number of rotatable bonds is 2. The van der Waals surface area contributed by atoms with Crippen molar-refractivity contribution < 1.29 is 0 Å². The maximum absolute atomic E-state index is 5.83. The average Bonchev–Trinajstić information content (AvgIpc) is 2.90. The molecule has 82 valence electrons. The number of fused-ring (bicyclic) bond motifs is 1. The molecule has 0 aliphatic heterocycles. The third kappa shape index (κ3) is 1.35. The topological polar surface area (TPSA) is 61.1 Å². The molecular formula is C9H8ClN5S. The minimum Gasteiger partial charge on any atom is -0.325 e. The van der Waals surface area contributed by atoms with Crippen LogP contribution in [0.15, 0.2) is 24.0 Å². The highest BCUT2D eigenvalue weighted by Crippen LogP contribution is 2.20. The Bertz CT molecular complexity index is 637. The smallest absolute Gasteiger partial charge is 0.196 e. The van der Waals surface area contributed by atoms with Crippen LogP contribution in [0.3, 0.4) is 0 Å². The Morgan fingerprint density at radius 2 is 2.38 bits per heavy atom. The molecule has 3 aromatic heterocycles. The second-order valence-corrected chi connectivity index (χ2v) is 4.55. The highest BCUT2D eigenvalue weighted by molar-refractivity contribution is 7.15. The van der Waals surface area contributed by atoms with Crippen LogP contribution < -0.4 is 5.73 Å². The van der Waals surface area contributed by atoms with Crippen LogP contribution >= 0.6 is 22.9 Å². The average molecular weight is 254 g/mol. The predicted octanol–water partition coefficient (Wildman–Crippen LogP) is 1.69. The Labute approximate surface area is 100 Å². The van der Waals surface area contributed by atoms with Gasteiger partial charge in [0.05, 0.1) is 23.1 Å². The van der Waals surface area contributed by atoms with Crippen LogP contribution in [0, 0.1) is 0 Å². The van der Waals surface area contributed by atoms with E-state index >= 15 is 0 Å². The summed E-state index contributed by atoms with van der Waals surface area (Å²) in [6, 6.07) is 0. The van der Waals surface area contributed by atoms with Gasteiger partial charge in [0.1, 0.15) is 0 Å². The first-order valence-corrected chi connectivity index (χ1v) is 5.90. The zero-order chi connectivity index (χ0) is 11.1. The molecule has 0 aliphatic carbocycles. The van der Waals surface area contributed by atoms with Gasteiger partial charge < -0.3 is 5.73 Å². The van der Waals surface area contributed by atoms with Gasteiger partial charge in [-0.15, -0.1) is 11.3 Å². The van der Waals surface area contributed by atoms with E-state index in [0.29, 0.717) is 11.6 Å². The summed E-state index contributed by atoms with van der Waals surface area (Å²) in [5, 5.41) is 6.68. The van der Waals surface area contributed by atoms with E-state index in [9.17, 15) is 0 Å². The SMILES string of the molecule is NCc1c(-n2cc(Cl)cn2)nc2sccn12. The zero-order valence-electron chi connectivity index (χ0n) is 8.17. The summed E-state index contributed by atoms with van der Waals surface area (Å²) >= 11 is 7.39. The second-order valence-electron chi connectivity index (χ2n) is 3.24. The fourth-order valence-electron chi connectivity index (χ4n) is 1.61.